The Balaban J connectivity index is 2.25. The van der Waals surface area contributed by atoms with E-state index in [-0.39, 0.29) is 6.04 Å². The molecule has 84 valence electrons. The molecule has 0 saturated carbocycles. The second-order valence-corrected chi connectivity index (χ2v) is 4.34. The fraction of sp³-hybridized carbons (Fsp3) is 1.00. The minimum Gasteiger partial charge on any atom is -0.389 e. The van der Waals surface area contributed by atoms with E-state index in [1.165, 1.54) is 0 Å². The Bertz CT molecular complexity index is 173. The Morgan fingerprint density at radius 1 is 1.50 bits per heavy atom. The van der Waals surface area contributed by atoms with Crippen LogP contribution in [-0.2, 0) is 4.74 Å². The molecule has 0 aromatic rings. The highest BCUT2D eigenvalue weighted by Gasteiger charge is 2.28. The number of nitrogens with one attached hydrogen (secondary N) is 1. The Morgan fingerprint density at radius 3 is 2.71 bits per heavy atom. The minimum absolute atomic E-state index is 0.0293. The smallest absolute Gasteiger partial charge is 0.0948 e. The van der Waals surface area contributed by atoms with Crippen molar-refractivity contribution in [2.75, 3.05) is 19.8 Å². The highest BCUT2D eigenvalue weighted by atomic mass is 16.5. The van der Waals surface area contributed by atoms with E-state index in [1.54, 1.807) is 0 Å². The molecule has 1 fully saturated rings. The lowest BCUT2D eigenvalue weighted by Crippen LogP contribution is -2.46. The SMILES string of the molecule is CCCC(C)(O)CNC1COCC1O. The van der Waals surface area contributed by atoms with Crippen LogP contribution >= 0.6 is 0 Å². The van der Waals surface area contributed by atoms with Crippen molar-refractivity contribution in [3.63, 3.8) is 0 Å². The van der Waals surface area contributed by atoms with E-state index < -0.39 is 11.7 Å². The van der Waals surface area contributed by atoms with Gasteiger partial charge in [0.05, 0.1) is 31.0 Å². The molecule has 1 saturated heterocycles. The summed E-state index contributed by atoms with van der Waals surface area (Å²) in [6.07, 6.45) is 1.29. The molecule has 0 aliphatic carbocycles. The summed E-state index contributed by atoms with van der Waals surface area (Å²) >= 11 is 0. The van der Waals surface area contributed by atoms with Crippen molar-refractivity contribution in [2.24, 2.45) is 0 Å². The van der Waals surface area contributed by atoms with Crippen LogP contribution < -0.4 is 5.32 Å². The van der Waals surface area contributed by atoms with E-state index in [1.807, 2.05) is 13.8 Å². The normalized spacial score (nSPS) is 31.7. The molecule has 4 heteroatoms. The van der Waals surface area contributed by atoms with Crippen LogP contribution in [0, 0.1) is 0 Å². The van der Waals surface area contributed by atoms with Gasteiger partial charge in [-0.25, -0.2) is 0 Å². The first-order chi connectivity index (χ1) is 6.55. The predicted octanol–water partition coefficient (Wildman–Crippen LogP) is -0.113. The average Bonchev–Trinajstić information content (AvgIpc) is 2.48. The number of hydrogen-bond acceptors (Lipinski definition) is 4. The first-order valence-electron chi connectivity index (χ1n) is 5.27. The van der Waals surface area contributed by atoms with Gasteiger partial charge in [0.25, 0.3) is 0 Å². The molecule has 0 bridgehead atoms. The van der Waals surface area contributed by atoms with Crippen LogP contribution in [0.1, 0.15) is 26.7 Å². The van der Waals surface area contributed by atoms with Crippen molar-refractivity contribution in [1.82, 2.24) is 5.32 Å². The molecule has 0 spiro atoms. The Kier molecular flexibility index (Phi) is 4.31. The molecular formula is C10H21NO3. The number of aliphatic hydroxyl groups is 2. The maximum absolute atomic E-state index is 9.88. The van der Waals surface area contributed by atoms with Gasteiger partial charge in [0.15, 0.2) is 0 Å². The van der Waals surface area contributed by atoms with Gasteiger partial charge in [-0.3, -0.25) is 0 Å². The van der Waals surface area contributed by atoms with Crippen LogP contribution in [0.15, 0.2) is 0 Å². The lowest BCUT2D eigenvalue weighted by atomic mass is 10.0. The largest absolute Gasteiger partial charge is 0.389 e. The van der Waals surface area contributed by atoms with E-state index in [0.717, 1.165) is 12.8 Å². The van der Waals surface area contributed by atoms with Crippen LogP contribution in [0.4, 0.5) is 0 Å². The fourth-order valence-electron chi connectivity index (χ4n) is 1.72. The zero-order chi connectivity index (χ0) is 10.6. The van der Waals surface area contributed by atoms with E-state index in [4.69, 9.17) is 4.74 Å². The van der Waals surface area contributed by atoms with Crippen molar-refractivity contribution in [1.29, 1.82) is 0 Å². The topological polar surface area (TPSA) is 61.7 Å². The van der Waals surface area contributed by atoms with Crippen LogP contribution in [0.2, 0.25) is 0 Å². The minimum atomic E-state index is -0.683. The van der Waals surface area contributed by atoms with Crippen LogP contribution in [0.3, 0.4) is 0 Å². The van der Waals surface area contributed by atoms with E-state index in [2.05, 4.69) is 5.32 Å². The van der Waals surface area contributed by atoms with Crippen molar-refractivity contribution in [2.45, 2.75) is 44.4 Å². The Labute approximate surface area is 85.3 Å². The summed E-state index contributed by atoms with van der Waals surface area (Å²) < 4.78 is 5.10. The average molecular weight is 203 g/mol. The predicted molar refractivity (Wildman–Crippen MR) is 54.1 cm³/mol. The van der Waals surface area contributed by atoms with E-state index >= 15 is 0 Å². The molecule has 1 heterocycles. The van der Waals surface area contributed by atoms with E-state index in [0.29, 0.717) is 19.8 Å². The third kappa shape index (κ3) is 3.53. The van der Waals surface area contributed by atoms with Crippen molar-refractivity contribution >= 4 is 0 Å². The summed E-state index contributed by atoms with van der Waals surface area (Å²) in [6, 6.07) is -0.0293. The molecule has 0 aromatic carbocycles. The van der Waals surface area contributed by atoms with Gasteiger partial charge in [0.1, 0.15) is 0 Å². The number of aliphatic hydroxyl groups excluding tert-OH is 1. The molecule has 3 N–H and O–H groups in total. The number of hydrogen-bond donors (Lipinski definition) is 3. The summed E-state index contributed by atoms with van der Waals surface area (Å²) in [5, 5.41) is 22.5. The quantitative estimate of drug-likeness (QED) is 0.583. The molecule has 1 rings (SSSR count). The Hall–Kier alpha value is -0.160. The van der Waals surface area contributed by atoms with Gasteiger partial charge in [-0.05, 0) is 13.3 Å². The molecular weight excluding hydrogens is 182 g/mol. The second-order valence-electron chi connectivity index (χ2n) is 4.34. The van der Waals surface area contributed by atoms with Gasteiger partial charge < -0.3 is 20.3 Å². The summed E-state index contributed by atoms with van der Waals surface area (Å²) in [6.45, 7) is 5.29. The standard InChI is InChI=1S/C10H21NO3/c1-3-4-10(2,13)7-11-8-5-14-6-9(8)12/h8-9,11-13H,3-7H2,1-2H3. The molecule has 3 atom stereocenters. The zero-order valence-electron chi connectivity index (χ0n) is 8.99. The maximum Gasteiger partial charge on any atom is 0.0948 e. The summed E-state index contributed by atoms with van der Waals surface area (Å²) in [5.74, 6) is 0. The summed E-state index contributed by atoms with van der Waals surface area (Å²) in [5.41, 5.74) is -0.683. The molecule has 1 aliphatic rings. The van der Waals surface area contributed by atoms with E-state index in [9.17, 15) is 10.2 Å². The molecule has 0 amide bonds. The molecule has 3 unspecified atom stereocenters. The number of ether oxygens (including phenoxy) is 1. The second kappa shape index (κ2) is 5.07. The third-order valence-corrected chi connectivity index (χ3v) is 2.58. The van der Waals surface area contributed by atoms with Gasteiger partial charge in [0.2, 0.25) is 0 Å². The first kappa shape index (κ1) is 11.9. The molecule has 4 nitrogen and oxygen atoms in total. The van der Waals surface area contributed by atoms with Crippen molar-refractivity contribution in [3.8, 4) is 0 Å². The fourth-order valence-corrected chi connectivity index (χ4v) is 1.72. The van der Waals surface area contributed by atoms with Crippen LogP contribution in [-0.4, -0.2) is 47.7 Å². The first-order valence-corrected chi connectivity index (χ1v) is 5.27. The summed E-state index contributed by atoms with van der Waals surface area (Å²) in [4.78, 5) is 0. The lowest BCUT2D eigenvalue weighted by Gasteiger charge is -2.25. The molecule has 0 aromatic heterocycles. The van der Waals surface area contributed by atoms with Crippen molar-refractivity contribution < 1.29 is 14.9 Å². The maximum atomic E-state index is 9.88. The van der Waals surface area contributed by atoms with Gasteiger partial charge in [-0.15, -0.1) is 0 Å². The monoisotopic (exact) mass is 203 g/mol. The van der Waals surface area contributed by atoms with Gasteiger partial charge >= 0.3 is 0 Å². The van der Waals surface area contributed by atoms with Gasteiger partial charge in [-0.2, -0.15) is 0 Å². The lowest BCUT2D eigenvalue weighted by molar-refractivity contribution is 0.0422. The highest BCUT2D eigenvalue weighted by Crippen LogP contribution is 2.12. The number of rotatable bonds is 5. The third-order valence-electron chi connectivity index (χ3n) is 2.58. The van der Waals surface area contributed by atoms with Crippen LogP contribution in [0.25, 0.3) is 0 Å². The summed E-state index contributed by atoms with van der Waals surface area (Å²) in [7, 11) is 0. The van der Waals surface area contributed by atoms with Crippen molar-refractivity contribution in [3.05, 3.63) is 0 Å². The van der Waals surface area contributed by atoms with Gasteiger partial charge in [-0.1, -0.05) is 13.3 Å². The zero-order valence-corrected chi connectivity index (χ0v) is 8.99. The Morgan fingerprint density at radius 2 is 2.21 bits per heavy atom. The molecule has 1 aliphatic heterocycles. The van der Waals surface area contributed by atoms with Gasteiger partial charge in [0, 0.05) is 6.54 Å². The molecule has 0 radical (unpaired) electrons. The van der Waals surface area contributed by atoms with Crippen LogP contribution in [0.5, 0.6) is 0 Å². The molecule has 14 heavy (non-hydrogen) atoms. The highest BCUT2D eigenvalue weighted by molar-refractivity contribution is 4.84.